The second kappa shape index (κ2) is 15.0. The predicted octanol–water partition coefficient (Wildman–Crippen LogP) is 7.42. The largest absolute Gasteiger partial charge is 0.298 e. The highest BCUT2D eigenvalue weighted by molar-refractivity contribution is 7.90. The number of rotatable bonds is 17. The summed E-state index contributed by atoms with van der Waals surface area (Å²) in [6.45, 7) is 2.26. The van der Waals surface area contributed by atoms with Crippen molar-refractivity contribution in [1.82, 2.24) is 0 Å². The topological polar surface area (TPSA) is 51.2 Å². The number of sulfone groups is 1. The van der Waals surface area contributed by atoms with Crippen molar-refractivity contribution in [1.29, 1.82) is 0 Å². The van der Waals surface area contributed by atoms with Crippen LogP contribution in [0, 0.1) is 0 Å². The second-order valence-corrected chi connectivity index (χ2v) is 10.6. The molecule has 0 amide bonds. The first-order chi connectivity index (χ1) is 13.9. The van der Waals surface area contributed by atoms with Crippen molar-refractivity contribution in [2.24, 2.45) is 0 Å². The Balaban J connectivity index is 2.07. The van der Waals surface area contributed by atoms with Crippen molar-refractivity contribution in [2.75, 3.05) is 6.26 Å². The molecule has 0 aliphatic heterocycles. The Morgan fingerprint density at radius 3 is 1.62 bits per heavy atom. The molecule has 0 aromatic heterocycles. The fourth-order valence-electron chi connectivity index (χ4n) is 3.51. The van der Waals surface area contributed by atoms with Gasteiger partial charge in [0.05, 0.1) is 4.90 Å². The van der Waals surface area contributed by atoms with Gasteiger partial charge in [-0.3, -0.25) is 4.79 Å². The standard InChI is InChI=1S/C24H39ClO3S/c1-3-4-5-6-7-8-9-10-11-12-13-14-15-16-23(26)24(25)21-17-19-22(20-18-21)29(2,27)28/h17-20,24H,3-16H2,1-2H3. The summed E-state index contributed by atoms with van der Waals surface area (Å²) < 4.78 is 23.0. The highest BCUT2D eigenvalue weighted by atomic mass is 35.5. The van der Waals surface area contributed by atoms with Crippen LogP contribution >= 0.6 is 11.6 Å². The molecule has 0 radical (unpaired) electrons. The molecule has 0 saturated heterocycles. The number of unbranched alkanes of at least 4 members (excludes halogenated alkanes) is 12. The molecule has 5 heteroatoms. The molecular formula is C24H39ClO3S. The first-order valence-electron chi connectivity index (χ1n) is 11.3. The van der Waals surface area contributed by atoms with Crippen molar-refractivity contribution < 1.29 is 13.2 Å². The molecule has 3 nitrogen and oxygen atoms in total. The number of carbonyl (C=O) groups excluding carboxylic acids is 1. The van der Waals surface area contributed by atoms with E-state index < -0.39 is 15.2 Å². The van der Waals surface area contributed by atoms with Gasteiger partial charge in [0.1, 0.15) is 5.38 Å². The van der Waals surface area contributed by atoms with E-state index in [2.05, 4.69) is 6.92 Å². The van der Waals surface area contributed by atoms with Crippen molar-refractivity contribution in [3.8, 4) is 0 Å². The summed E-state index contributed by atoms with van der Waals surface area (Å²) in [5.41, 5.74) is 0.666. The van der Waals surface area contributed by atoms with E-state index in [9.17, 15) is 13.2 Å². The van der Waals surface area contributed by atoms with Crippen LogP contribution in [0.15, 0.2) is 29.2 Å². The summed E-state index contributed by atoms with van der Waals surface area (Å²) in [4.78, 5) is 12.5. The van der Waals surface area contributed by atoms with Gasteiger partial charge < -0.3 is 0 Å². The summed E-state index contributed by atoms with van der Waals surface area (Å²) in [6.07, 6.45) is 18.3. The van der Waals surface area contributed by atoms with E-state index in [4.69, 9.17) is 11.6 Å². The van der Waals surface area contributed by atoms with Gasteiger partial charge >= 0.3 is 0 Å². The van der Waals surface area contributed by atoms with E-state index in [1.54, 1.807) is 12.1 Å². The number of alkyl halides is 1. The van der Waals surface area contributed by atoms with Gasteiger partial charge in [0.2, 0.25) is 0 Å². The summed E-state index contributed by atoms with van der Waals surface area (Å²) in [5.74, 6) is 0.0156. The Hall–Kier alpha value is -0.870. The minimum atomic E-state index is -3.23. The Morgan fingerprint density at radius 2 is 1.21 bits per heavy atom. The minimum absolute atomic E-state index is 0.0156. The number of hydrogen-bond acceptors (Lipinski definition) is 3. The average molecular weight is 443 g/mol. The summed E-state index contributed by atoms with van der Waals surface area (Å²) in [7, 11) is -3.23. The summed E-state index contributed by atoms with van der Waals surface area (Å²) in [5, 5.41) is -0.694. The van der Waals surface area contributed by atoms with Crippen LogP contribution in [0.25, 0.3) is 0 Å². The molecule has 0 N–H and O–H groups in total. The van der Waals surface area contributed by atoms with Crippen LogP contribution in [0.3, 0.4) is 0 Å². The first-order valence-corrected chi connectivity index (χ1v) is 13.7. The lowest BCUT2D eigenvalue weighted by Crippen LogP contribution is -2.07. The second-order valence-electron chi connectivity index (χ2n) is 8.16. The number of hydrogen-bond donors (Lipinski definition) is 0. The van der Waals surface area contributed by atoms with Crippen molar-refractivity contribution >= 4 is 27.2 Å². The van der Waals surface area contributed by atoms with E-state index in [0.717, 1.165) is 12.8 Å². The first kappa shape index (κ1) is 26.2. The Kier molecular flexibility index (Phi) is 13.5. The average Bonchev–Trinajstić information content (AvgIpc) is 2.70. The lowest BCUT2D eigenvalue weighted by atomic mass is 10.0. The fraction of sp³-hybridized carbons (Fsp3) is 0.708. The molecule has 1 aromatic rings. The number of carbonyl (C=O) groups is 1. The monoisotopic (exact) mass is 442 g/mol. The van der Waals surface area contributed by atoms with Crippen LogP contribution in [0.2, 0.25) is 0 Å². The van der Waals surface area contributed by atoms with Gasteiger partial charge in [0.15, 0.2) is 15.6 Å². The van der Waals surface area contributed by atoms with Gasteiger partial charge in [-0.1, -0.05) is 96.1 Å². The number of benzene rings is 1. The molecule has 0 heterocycles. The van der Waals surface area contributed by atoms with Crippen LogP contribution in [0.1, 0.15) is 108 Å². The molecule has 0 fully saturated rings. The maximum atomic E-state index is 12.3. The highest BCUT2D eigenvalue weighted by Gasteiger charge is 2.18. The molecule has 0 spiro atoms. The van der Waals surface area contributed by atoms with E-state index >= 15 is 0 Å². The zero-order valence-corrected chi connectivity index (χ0v) is 19.9. The number of halogens is 1. The lowest BCUT2D eigenvalue weighted by molar-refractivity contribution is -0.118. The lowest BCUT2D eigenvalue weighted by Gasteiger charge is -2.10. The predicted molar refractivity (Wildman–Crippen MR) is 123 cm³/mol. The molecule has 29 heavy (non-hydrogen) atoms. The van der Waals surface area contributed by atoms with Crippen LogP contribution in [-0.4, -0.2) is 20.5 Å². The van der Waals surface area contributed by atoms with Gasteiger partial charge in [0.25, 0.3) is 0 Å². The quantitative estimate of drug-likeness (QED) is 0.186. The highest BCUT2D eigenvalue weighted by Crippen LogP contribution is 2.25. The number of ketones is 1. The zero-order chi connectivity index (χ0) is 21.5. The van der Waals surface area contributed by atoms with Crippen LogP contribution in [0.5, 0.6) is 0 Å². The molecule has 0 aliphatic rings. The van der Waals surface area contributed by atoms with Gasteiger partial charge in [-0.2, -0.15) is 0 Å². The number of Topliss-reactive ketones (excluding diaryl/α,β-unsaturated/α-hetero) is 1. The fourth-order valence-corrected chi connectivity index (χ4v) is 4.40. The maximum absolute atomic E-state index is 12.3. The summed E-state index contributed by atoms with van der Waals surface area (Å²) in [6, 6.07) is 6.29. The third-order valence-electron chi connectivity index (χ3n) is 5.41. The van der Waals surface area contributed by atoms with Crippen LogP contribution < -0.4 is 0 Å². The van der Waals surface area contributed by atoms with Gasteiger partial charge in [-0.15, -0.1) is 11.6 Å². The molecule has 0 bridgehead atoms. The van der Waals surface area contributed by atoms with E-state index in [0.29, 0.717) is 12.0 Å². The zero-order valence-electron chi connectivity index (χ0n) is 18.3. The molecule has 0 aliphatic carbocycles. The molecule has 166 valence electrons. The minimum Gasteiger partial charge on any atom is -0.298 e. The smallest absolute Gasteiger partial charge is 0.175 e. The maximum Gasteiger partial charge on any atom is 0.175 e. The van der Waals surface area contributed by atoms with E-state index in [1.165, 1.54) is 89.0 Å². The third kappa shape index (κ3) is 11.8. The molecule has 1 rings (SSSR count). The molecule has 0 saturated carbocycles. The molecular weight excluding hydrogens is 404 g/mol. The van der Waals surface area contributed by atoms with Gasteiger partial charge in [-0.05, 0) is 24.1 Å². The SMILES string of the molecule is CCCCCCCCCCCCCCCC(=O)C(Cl)c1ccc(S(C)(=O)=O)cc1. The van der Waals surface area contributed by atoms with Gasteiger partial charge in [0, 0.05) is 12.7 Å². The molecule has 1 aromatic carbocycles. The van der Waals surface area contributed by atoms with Crippen molar-refractivity contribution in [3.63, 3.8) is 0 Å². The molecule has 1 unspecified atom stereocenters. The summed E-state index contributed by atoms with van der Waals surface area (Å²) >= 11 is 6.28. The van der Waals surface area contributed by atoms with E-state index in [-0.39, 0.29) is 10.7 Å². The molecule has 1 atom stereocenters. The Labute approximate surface area is 183 Å². The Bertz CT molecular complexity index is 668. The third-order valence-corrected chi connectivity index (χ3v) is 7.03. The van der Waals surface area contributed by atoms with Crippen LogP contribution in [0.4, 0.5) is 0 Å². The normalized spacial score (nSPS) is 12.8. The van der Waals surface area contributed by atoms with E-state index in [1.807, 2.05) is 0 Å². The van der Waals surface area contributed by atoms with Gasteiger partial charge in [-0.25, -0.2) is 8.42 Å². The van der Waals surface area contributed by atoms with Crippen molar-refractivity contribution in [3.05, 3.63) is 29.8 Å². The van der Waals surface area contributed by atoms with Crippen molar-refractivity contribution in [2.45, 2.75) is 107 Å². The van der Waals surface area contributed by atoms with Crippen LogP contribution in [-0.2, 0) is 14.6 Å². The Morgan fingerprint density at radius 1 is 0.793 bits per heavy atom.